The average Bonchev–Trinajstić information content (AvgIpc) is 2.47. The predicted molar refractivity (Wildman–Crippen MR) is 49.8 cm³/mol. The van der Waals surface area contributed by atoms with E-state index in [1.807, 2.05) is 24.0 Å². The zero-order valence-corrected chi connectivity index (χ0v) is 7.83. The smallest absolute Gasteiger partial charge is 0.0492 e. The zero-order chi connectivity index (χ0) is 8.97. The molecule has 1 aromatic rings. The number of nitrogens with zero attached hydrogens (tertiary/aromatic N) is 2. The van der Waals surface area contributed by atoms with E-state index in [1.165, 1.54) is 5.69 Å². The first-order valence-corrected chi connectivity index (χ1v) is 4.46. The molecule has 1 atom stereocenters. The number of aryl methyl sites for hydroxylation is 2. The van der Waals surface area contributed by atoms with Gasteiger partial charge < -0.3 is 5.73 Å². The fourth-order valence-corrected chi connectivity index (χ4v) is 1.18. The van der Waals surface area contributed by atoms with Crippen LogP contribution in [0, 0.1) is 0 Å². The largest absolute Gasteiger partial charge is 0.328 e. The number of aromatic nitrogens is 2. The molecule has 0 aliphatic heterocycles. The summed E-state index contributed by atoms with van der Waals surface area (Å²) < 4.78 is 1.91. The molecule has 0 radical (unpaired) electrons. The molecule has 2 N–H and O–H groups in total. The fourth-order valence-electron chi connectivity index (χ4n) is 1.18. The highest BCUT2D eigenvalue weighted by atomic mass is 15.2. The molecule has 0 saturated heterocycles. The van der Waals surface area contributed by atoms with Gasteiger partial charge in [-0.25, -0.2) is 0 Å². The van der Waals surface area contributed by atoms with E-state index < -0.39 is 0 Å². The average molecular weight is 167 g/mol. The molecule has 1 aromatic heterocycles. The molecule has 0 aliphatic carbocycles. The van der Waals surface area contributed by atoms with E-state index in [0.717, 1.165) is 19.3 Å². The minimum atomic E-state index is 0.333. The van der Waals surface area contributed by atoms with Crippen molar-refractivity contribution < 1.29 is 0 Å². The van der Waals surface area contributed by atoms with Crippen LogP contribution in [0.3, 0.4) is 0 Å². The van der Waals surface area contributed by atoms with Crippen LogP contribution >= 0.6 is 0 Å². The fraction of sp³-hybridized carbons (Fsp3) is 0.667. The lowest BCUT2D eigenvalue weighted by Crippen LogP contribution is -2.19. The molecule has 0 aliphatic rings. The summed E-state index contributed by atoms with van der Waals surface area (Å²) in [7, 11) is 1.97. The Kier molecular flexibility index (Phi) is 3.29. The molecule has 1 heterocycles. The van der Waals surface area contributed by atoms with Gasteiger partial charge in [0.25, 0.3) is 0 Å². The molecule has 3 heteroatoms. The Bertz CT molecular complexity index is 229. The monoisotopic (exact) mass is 167 g/mol. The first-order valence-electron chi connectivity index (χ1n) is 4.46. The molecule has 68 valence electrons. The maximum atomic E-state index is 5.81. The Morgan fingerprint density at radius 2 is 2.42 bits per heavy atom. The van der Waals surface area contributed by atoms with Crippen LogP contribution in [0.5, 0.6) is 0 Å². The highest BCUT2D eigenvalue weighted by Gasteiger charge is 2.02. The summed E-state index contributed by atoms with van der Waals surface area (Å²) in [5.41, 5.74) is 7.07. The third-order valence-electron chi connectivity index (χ3n) is 2.22. The van der Waals surface area contributed by atoms with Crippen molar-refractivity contribution in [2.45, 2.75) is 32.2 Å². The number of hydrogen-bond acceptors (Lipinski definition) is 2. The Labute approximate surface area is 73.6 Å². The van der Waals surface area contributed by atoms with Crippen molar-refractivity contribution in [3.63, 3.8) is 0 Å². The van der Waals surface area contributed by atoms with Gasteiger partial charge in [0.05, 0.1) is 0 Å². The number of hydrogen-bond donors (Lipinski definition) is 1. The van der Waals surface area contributed by atoms with Gasteiger partial charge in [-0.1, -0.05) is 6.92 Å². The Morgan fingerprint density at radius 1 is 1.67 bits per heavy atom. The maximum Gasteiger partial charge on any atom is 0.0492 e. The molecule has 1 rings (SSSR count). The van der Waals surface area contributed by atoms with E-state index in [9.17, 15) is 0 Å². The van der Waals surface area contributed by atoms with E-state index in [0.29, 0.717) is 6.04 Å². The second-order valence-electron chi connectivity index (χ2n) is 3.15. The molecular weight excluding hydrogens is 150 g/mol. The lowest BCUT2D eigenvalue weighted by molar-refractivity contribution is 0.575. The van der Waals surface area contributed by atoms with Gasteiger partial charge in [0.15, 0.2) is 0 Å². The minimum Gasteiger partial charge on any atom is -0.328 e. The molecule has 0 aromatic carbocycles. The number of nitrogens with two attached hydrogens (primary N) is 1. The summed E-state index contributed by atoms with van der Waals surface area (Å²) in [6.07, 6.45) is 4.96. The standard InChI is InChI=1S/C9H17N3/c1-3-8(10)4-5-9-6-7-11-12(9)2/h6-8H,3-5,10H2,1-2H3. The lowest BCUT2D eigenvalue weighted by atomic mass is 10.1. The Morgan fingerprint density at radius 3 is 2.92 bits per heavy atom. The van der Waals surface area contributed by atoms with E-state index in [4.69, 9.17) is 5.73 Å². The van der Waals surface area contributed by atoms with E-state index >= 15 is 0 Å². The molecule has 12 heavy (non-hydrogen) atoms. The van der Waals surface area contributed by atoms with Crippen LogP contribution in [0.15, 0.2) is 12.3 Å². The van der Waals surface area contributed by atoms with Crippen molar-refractivity contribution >= 4 is 0 Å². The molecule has 1 unspecified atom stereocenters. The van der Waals surface area contributed by atoms with Gasteiger partial charge >= 0.3 is 0 Å². The van der Waals surface area contributed by atoms with Gasteiger partial charge in [-0.15, -0.1) is 0 Å². The molecular formula is C9H17N3. The van der Waals surface area contributed by atoms with Crippen molar-refractivity contribution in [2.24, 2.45) is 12.8 Å². The summed E-state index contributed by atoms with van der Waals surface area (Å²) in [5.74, 6) is 0. The van der Waals surface area contributed by atoms with Crippen molar-refractivity contribution in [1.82, 2.24) is 9.78 Å². The van der Waals surface area contributed by atoms with E-state index in [-0.39, 0.29) is 0 Å². The highest BCUT2D eigenvalue weighted by molar-refractivity contribution is 5.00. The third-order valence-corrected chi connectivity index (χ3v) is 2.22. The van der Waals surface area contributed by atoms with Crippen LogP contribution in [0.25, 0.3) is 0 Å². The predicted octanol–water partition coefficient (Wildman–Crippen LogP) is 1.09. The van der Waals surface area contributed by atoms with Crippen molar-refractivity contribution in [1.29, 1.82) is 0 Å². The van der Waals surface area contributed by atoms with Crippen LogP contribution in [-0.4, -0.2) is 15.8 Å². The van der Waals surface area contributed by atoms with Crippen LogP contribution < -0.4 is 5.73 Å². The van der Waals surface area contributed by atoms with Crippen molar-refractivity contribution in [3.05, 3.63) is 18.0 Å². The van der Waals surface area contributed by atoms with Gasteiger partial charge in [0.2, 0.25) is 0 Å². The SMILES string of the molecule is CCC(N)CCc1ccnn1C. The second kappa shape index (κ2) is 4.26. The van der Waals surface area contributed by atoms with Gasteiger partial charge in [-0.05, 0) is 25.3 Å². The molecule has 0 spiro atoms. The second-order valence-corrected chi connectivity index (χ2v) is 3.15. The Balaban J connectivity index is 2.38. The van der Waals surface area contributed by atoms with Gasteiger partial charge in [0.1, 0.15) is 0 Å². The van der Waals surface area contributed by atoms with Gasteiger partial charge in [-0.2, -0.15) is 5.10 Å². The summed E-state index contributed by atoms with van der Waals surface area (Å²) in [6.45, 7) is 2.12. The third kappa shape index (κ3) is 2.34. The first-order chi connectivity index (χ1) is 5.74. The molecule has 0 fully saturated rings. The lowest BCUT2D eigenvalue weighted by Gasteiger charge is -2.07. The minimum absolute atomic E-state index is 0.333. The quantitative estimate of drug-likeness (QED) is 0.729. The maximum absolute atomic E-state index is 5.81. The summed E-state index contributed by atoms with van der Waals surface area (Å²) in [4.78, 5) is 0. The summed E-state index contributed by atoms with van der Waals surface area (Å²) in [5, 5.41) is 4.10. The molecule has 0 saturated carbocycles. The summed E-state index contributed by atoms with van der Waals surface area (Å²) in [6, 6.07) is 2.38. The number of rotatable bonds is 4. The van der Waals surface area contributed by atoms with Gasteiger partial charge in [0, 0.05) is 25.0 Å². The van der Waals surface area contributed by atoms with Crippen LogP contribution in [-0.2, 0) is 13.5 Å². The van der Waals surface area contributed by atoms with E-state index in [2.05, 4.69) is 12.0 Å². The molecule has 3 nitrogen and oxygen atoms in total. The first kappa shape index (κ1) is 9.26. The zero-order valence-electron chi connectivity index (χ0n) is 7.83. The van der Waals surface area contributed by atoms with Crippen molar-refractivity contribution in [2.75, 3.05) is 0 Å². The topological polar surface area (TPSA) is 43.8 Å². The van der Waals surface area contributed by atoms with Crippen LogP contribution in [0.2, 0.25) is 0 Å². The van der Waals surface area contributed by atoms with Crippen LogP contribution in [0.1, 0.15) is 25.5 Å². The van der Waals surface area contributed by atoms with E-state index in [1.54, 1.807) is 0 Å². The normalized spacial score (nSPS) is 13.2. The van der Waals surface area contributed by atoms with Gasteiger partial charge in [-0.3, -0.25) is 4.68 Å². The highest BCUT2D eigenvalue weighted by Crippen LogP contribution is 2.03. The van der Waals surface area contributed by atoms with Crippen LogP contribution in [0.4, 0.5) is 0 Å². The molecule has 0 bridgehead atoms. The summed E-state index contributed by atoms with van der Waals surface area (Å²) >= 11 is 0. The Hall–Kier alpha value is -0.830. The molecule has 0 amide bonds. The van der Waals surface area contributed by atoms with Crippen molar-refractivity contribution in [3.8, 4) is 0 Å².